The largest absolute Gasteiger partial charge is 2.00 e. The fraction of sp³-hybridized carbons (Fsp3) is 0.100. The zero-order valence-electron chi connectivity index (χ0n) is 39.7. The van der Waals surface area contributed by atoms with Crippen LogP contribution in [0.15, 0.2) is 212 Å². The van der Waals surface area contributed by atoms with E-state index in [1.165, 1.54) is 20.8 Å². The van der Waals surface area contributed by atoms with Gasteiger partial charge in [0.25, 0.3) is 0 Å². The summed E-state index contributed by atoms with van der Waals surface area (Å²) in [4.78, 5) is 0. The summed E-state index contributed by atoms with van der Waals surface area (Å²) in [7, 11) is -21.6. The van der Waals surface area contributed by atoms with E-state index in [4.69, 9.17) is 54.4 Å². The van der Waals surface area contributed by atoms with Gasteiger partial charge in [0, 0.05) is 26.0 Å². The molecule has 75 heavy (non-hydrogen) atoms. The molecule has 0 saturated heterocycles. The minimum Gasteiger partial charge on any atom is -0.741 e. The van der Waals surface area contributed by atoms with Crippen LogP contribution in [0, 0.1) is 34.0 Å². The van der Waals surface area contributed by atoms with Crippen molar-refractivity contribution in [2.24, 2.45) is 0 Å². The van der Waals surface area contributed by atoms with Gasteiger partial charge >= 0.3 is 36.9 Å². The summed E-state index contributed by atoms with van der Waals surface area (Å²) in [6.45, 7) is 4.29. The van der Waals surface area contributed by atoms with Crippen molar-refractivity contribution in [3.05, 3.63) is 212 Å². The molecule has 0 aromatic heterocycles. The normalized spacial score (nSPS) is 10.9. The maximum atomic E-state index is 10.7. The molecule has 7 rings (SSSR count). The summed E-state index contributed by atoms with van der Waals surface area (Å²) in [5.74, 6) is 0. The molecule has 0 aliphatic rings. The van der Waals surface area contributed by atoms with Gasteiger partial charge in [-0.05, 0) is 72.8 Å². The zero-order chi connectivity index (χ0) is 55.3. The van der Waals surface area contributed by atoms with Gasteiger partial charge in [0.15, 0.2) is 44.7 Å². The van der Waals surface area contributed by atoms with Crippen molar-refractivity contribution in [3.63, 3.8) is 0 Å². The standard InChI is InChI=1S/C42H35O3P3Si.3C2H3N.2CHF3O3S.Fe/c1-8-22-36(23-9-1)46(37-24-10-2-11-25-37)43-49(42-34-20-7-21-35-42,44-47(38-26-12-3-13-27-38)39-28-14-4-15-29-39)45-48(40-30-16-5-17-31-40)41-32-18-6-19-33-41;3*1-2-3;2*2-1(3,4)8(5,6)7;/h1-35H;3*1H3;2*(H,5,6,7);/q;;;;;;+2/p+1. The Balaban J connectivity index is 0.000000903. The van der Waals surface area contributed by atoms with Crippen LogP contribution in [0.3, 0.4) is 0 Å². The number of benzene rings is 7. The first-order valence-electron chi connectivity index (χ1n) is 21.1. The van der Waals surface area contributed by atoms with E-state index in [1.54, 1.807) is 18.2 Å². The van der Waals surface area contributed by atoms with Crippen LogP contribution in [0.25, 0.3) is 0 Å². The number of halogens is 6. The second-order valence-corrected chi connectivity index (χ2v) is 26.2. The molecule has 394 valence electrons. The Bertz CT molecular complexity index is 2660. The monoisotopic (exact) mass is 1190 g/mol. The van der Waals surface area contributed by atoms with Crippen LogP contribution < -0.4 is 37.0 Å². The topological polar surface area (TPSA) is 213 Å². The van der Waals surface area contributed by atoms with Crippen molar-refractivity contribution >= 4 is 90.5 Å². The van der Waals surface area contributed by atoms with Gasteiger partial charge in [-0.15, -0.1) is 0 Å². The number of rotatable bonds is 13. The molecule has 12 nitrogen and oxygen atoms in total. The fourth-order valence-corrected chi connectivity index (χ4v) is 19.3. The summed E-state index contributed by atoms with van der Waals surface area (Å²) in [5.41, 5.74) is -11.3. The van der Waals surface area contributed by atoms with Crippen molar-refractivity contribution in [1.82, 2.24) is 0 Å². The molecular formula is C50H47F6FeN3O9P3S2Si+3. The van der Waals surface area contributed by atoms with Crippen molar-refractivity contribution in [2.75, 3.05) is 0 Å². The van der Waals surface area contributed by atoms with Crippen molar-refractivity contribution in [3.8, 4) is 18.2 Å². The van der Waals surface area contributed by atoms with E-state index in [0.29, 0.717) is 0 Å². The third kappa shape index (κ3) is 23.4. The molecule has 7 aromatic rings. The van der Waals surface area contributed by atoms with Crippen LogP contribution in [-0.4, -0.2) is 45.8 Å². The molecule has 0 aliphatic heterocycles. The Labute approximate surface area is 448 Å². The average Bonchev–Trinajstić information content (AvgIpc) is 3.38. The average molecular weight is 1190 g/mol. The molecule has 0 radical (unpaired) electrons. The Morgan fingerprint density at radius 1 is 0.387 bits per heavy atom. The van der Waals surface area contributed by atoms with Gasteiger partial charge in [-0.3, -0.25) is 0 Å². The van der Waals surface area contributed by atoms with E-state index in [0.717, 1.165) is 37.0 Å². The van der Waals surface area contributed by atoms with Crippen LogP contribution in [0.1, 0.15) is 20.8 Å². The van der Waals surface area contributed by atoms with E-state index in [-0.39, 0.29) is 17.1 Å². The number of nitriles is 3. The van der Waals surface area contributed by atoms with E-state index >= 15 is 0 Å². The van der Waals surface area contributed by atoms with Crippen molar-refractivity contribution in [1.29, 1.82) is 15.8 Å². The van der Waals surface area contributed by atoms with Crippen LogP contribution in [0.5, 0.6) is 0 Å². The molecule has 0 amide bonds. The molecule has 0 heterocycles. The summed E-state index contributed by atoms with van der Waals surface area (Å²) in [6.07, 6.45) is 0. The molecular weight excluding hydrogens is 1140 g/mol. The third-order valence-corrected chi connectivity index (χ3v) is 21.6. The molecule has 0 unspecified atom stereocenters. The van der Waals surface area contributed by atoms with Gasteiger partial charge in [-0.1, -0.05) is 140 Å². The Kier molecular flexibility index (Phi) is 30.6. The summed E-state index contributed by atoms with van der Waals surface area (Å²) in [6, 6.07) is 79.2. The van der Waals surface area contributed by atoms with E-state index in [9.17, 15) is 26.3 Å². The molecule has 25 heteroatoms. The number of hydrogen-bond acceptors (Lipinski definition) is 12. The number of alkyl halides is 6. The van der Waals surface area contributed by atoms with Gasteiger partial charge in [-0.25, -0.2) is 16.8 Å². The zero-order valence-corrected chi connectivity index (χ0v) is 46.4. The first kappa shape index (κ1) is 67.3. The van der Waals surface area contributed by atoms with Gasteiger partial charge < -0.3 is 9.11 Å². The van der Waals surface area contributed by atoms with Crippen LogP contribution >= 0.6 is 24.4 Å². The molecule has 0 spiro atoms. The van der Waals surface area contributed by atoms with Crippen molar-refractivity contribution < 1.29 is 82.0 Å². The maximum absolute atomic E-state index is 10.7. The predicted molar refractivity (Wildman–Crippen MR) is 282 cm³/mol. The molecule has 7 aromatic carbocycles. The minimum atomic E-state index is -6.09. The van der Waals surface area contributed by atoms with E-state index < -0.39 is 64.5 Å². The first-order valence-corrected chi connectivity index (χ1v) is 29.8. The minimum absolute atomic E-state index is 0. The molecule has 0 bridgehead atoms. The predicted octanol–water partition coefficient (Wildman–Crippen LogP) is 8.91. The smallest absolute Gasteiger partial charge is 0.741 e. The molecule has 0 aliphatic carbocycles. The van der Waals surface area contributed by atoms with E-state index in [2.05, 4.69) is 206 Å². The molecule has 0 saturated carbocycles. The third-order valence-electron chi connectivity index (χ3n) is 8.62. The Hall–Kier alpha value is -5.68. The van der Waals surface area contributed by atoms with Crippen LogP contribution in [0.4, 0.5) is 26.3 Å². The van der Waals surface area contributed by atoms with Gasteiger partial charge in [0.1, 0.15) is 31.8 Å². The second kappa shape index (κ2) is 34.1. The SMILES string of the molecule is CC#N.CC#N.CC#N.O=S(=O)([O-])C(F)(F)F.O=S(=O)([O-])C(F)(F)F.[Fe+2].c1ccc([PH+](O[Si](O[PH+](c2ccccc2)c2ccccc2)(O[PH+](c2ccccc2)c2ccccc2)c2ccccc2)c2ccccc2)cc1. The Morgan fingerprint density at radius 3 is 0.653 bits per heavy atom. The van der Waals surface area contributed by atoms with Crippen LogP contribution in [-0.2, 0) is 49.9 Å². The number of hydrogen-bond donors (Lipinski definition) is 0. The van der Waals surface area contributed by atoms with E-state index in [1.807, 2.05) is 6.07 Å². The summed E-state index contributed by atoms with van der Waals surface area (Å²) >= 11 is 0. The van der Waals surface area contributed by atoms with Crippen LogP contribution in [0.2, 0.25) is 0 Å². The molecule has 0 atom stereocenters. The molecule has 0 N–H and O–H groups in total. The van der Waals surface area contributed by atoms with Gasteiger partial charge in [0.05, 0.1) is 18.2 Å². The first-order chi connectivity index (χ1) is 35.0. The van der Waals surface area contributed by atoms with Gasteiger partial charge in [0.2, 0.25) is 0 Å². The quantitative estimate of drug-likeness (QED) is 0.0348. The number of nitrogens with zero attached hydrogens (tertiary/aromatic N) is 3. The van der Waals surface area contributed by atoms with Gasteiger partial charge in [-0.2, -0.15) is 54.8 Å². The second-order valence-electron chi connectivity index (χ2n) is 13.9. The maximum Gasteiger partial charge on any atom is 2.00 e. The summed E-state index contributed by atoms with van der Waals surface area (Å²) < 4.78 is 141. The fourth-order valence-electron chi connectivity index (χ4n) is 5.68. The summed E-state index contributed by atoms with van der Waals surface area (Å²) in [5, 5.41) is 29.7. The van der Waals surface area contributed by atoms with Crippen molar-refractivity contribution in [2.45, 2.75) is 31.8 Å². The Morgan fingerprint density at radius 2 is 0.520 bits per heavy atom. The molecule has 0 fully saturated rings.